The molecule has 1 rings (SSSR count). The summed E-state index contributed by atoms with van der Waals surface area (Å²) in [7, 11) is 0. The van der Waals surface area contributed by atoms with E-state index in [1.165, 1.54) is 25.7 Å². The smallest absolute Gasteiger partial charge is 0.224 e. The first kappa shape index (κ1) is 21.5. The van der Waals surface area contributed by atoms with Crippen LogP contribution in [-0.2, 0) is 4.79 Å². The average molecular weight is 352 g/mol. The van der Waals surface area contributed by atoms with Crippen molar-refractivity contribution in [3.05, 3.63) is 24.0 Å². The van der Waals surface area contributed by atoms with Gasteiger partial charge in [-0.3, -0.25) is 4.79 Å². The Morgan fingerprint density at radius 1 is 1.16 bits per heavy atom. The van der Waals surface area contributed by atoms with E-state index in [1.807, 2.05) is 18.2 Å². The van der Waals surface area contributed by atoms with Crippen molar-refractivity contribution in [3.8, 4) is 0 Å². The van der Waals surface area contributed by atoms with E-state index in [9.17, 15) is 4.79 Å². The van der Waals surface area contributed by atoms with Crippen LogP contribution in [0.25, 0.3) is 0 Å². The summed E-state index contributed by atoms with van der Waals surface area (Å²) < 4.78 is 0. The fraction of sp³-hybridized carbons (Fsp3) is 0.737. The molecule has 1 saturated heterocycles. The van der Waals surface area contributed by atoms with Gasteiger partial charge in [-0.15, -0.1) is 0 Å². The van der Waals surface area contributed by atoms with Crippen LogP contribution in [0.5, 0.6) is 0 Å². The molecule has 0 aromatic carbocycles. The van der Waals surface area contributed by atoms with Crippen LogP contribution in [0.15, 0.2) is 24.0 Å². The van der Waals surface area contributed by atoms with Gasteiger partial charge in [0, 0.05) is 25.6 Å². The van der Waals surface area contributed by atoms with Crippen LogP contribution in [0.3, 0.4) is 0 Å². The van der Waals surface area contributed by atoms with E-state index in [4.69, 9.17) is 11.5 Å². The zero-order valence-electron chi connectivity index (χ0n) is 15.6. The number of unbranched alkanes of at least 4 members (excludes halogenated alkanes) is 5. The normalized spacial score (nSPS) is 18.4. The third-order valence-electron chi connectivity index (χ3n) is 4.34. The van der Waals surface area contributed by atoms with Gasteiger partial charge in [-0.1, -0.05) is 37.8 Å². The van der Waals surface area contributed by atoms with Crippen LogP contribution in [0, 0.1) is 0 Å². The molecule has 0 saturated carbocycles. The molecule has 0 aromatic heterocycles. The summed E-state index contributed by atoms with van der Waals surface area (Å²) >= 11 is 0. The molecule has 0 bridgehead atoms. The maximum absolute atomic E-state index is 11.8. The van der Waals surface area contributed by atoms with Gasteiger partial charge in [0.15, 0.2) is 0 Å². The number of allylic oxidation sites excluding steroid dienone is 2. The molecule has 25 heavy (non-hydrogen) atoms. The molecule has 6 heteroatoms. The van der Waals surface area contributed by atoms with Crippen LogP contribution in [0.1, 0.15) is 57.8 Å². The number of carbonyl (C=O) groups excluding carboxylic acids is 1. The van der Waals surface area contributed by atoms with Gasteiger partial charge in [-0.2, -0.15) is 0 Å². The predicted octanol–water partition coefficient (Wildman–Crippen LogP) is 1.49. The summed E-state index contributed by atoms with van der Waals surface area (Å²) in [6, 6.07) is 0.271. The second kappa shape index (κ2) is 14.8. The van der Waals surface area contributed by atoms with E-state index in [0.717, 1.165) is 51.9 Å². The molecule has 7 N–H and O–H groups in total. The molecule has 1 aliphatic rings. The number of hydrogen-bond donors (Lipinski definition) is 5. The monoisotopic (exact) mass is 351 g/mol. The minimum atomic E-state index is 0.0690. The van der Waals surface area contributed by atoms with E-state index < -0.39 is 0 Å². The average Bonchev–Trinajstić information content (AvgIpc) is 2.62. The maximum atomic E-state index is 11.8. The second-order valence-corrected chi connectivity index (χ2v) is 6.70. The van der Waals surface area contributed by atoms with Crippen LogP contribution < -0.4 is 27.4 Å². The Balaban J connectivity index is 2.01. The third-order valence-corrected chi connectivity index (χ3v) is 4.34. The van der Waals surface area contributed by atoms with Gasteiger partial charge in [0.1, 0.15) is 0 Å². The molecular weight excluding hydrogens is 314 g/mol. The Kier molecular flexibility index (Phi) is 12.7. The van der Waals surface area contributed by atoms with E-state index in [2.05, 4.69) is 16.0 Å². The zero-order valence-corrected chi connectivity index (χ0v) is 15.6. The van der Waals surface area contributed by atoms with Gasteiger partial charge in [0.05, 0.1) is 5.82 Å². The molecule has 0 radical (unpaired) electrons. The van der Waals surface area contributed by atoms with Crippen LogP contribution >= 0.6 is 0 Å². The Morgan fingerprint density at radius 2 is 1.92 bits per heavy atom. The fourth-order valence-corrected chi connectivity index (χ4v) is 2.88. The largest absolute Gasteiger partial charge is 0.386 e. The van der Waals surface area contributed by atoms with Crippen LogP contribution in [0.2, 0.25) is 0 Å². The lowest BCUT2D eigenvalue weighted by Gasteiger charge is -2.23. The zero-order chi connectivity index (χ0) is 18.2. The third kappa shape index (κ3) is 12.5. The quantitative estimate of drug-likeness (QED) is 0.255. The van der Waals surface area contributed by atoms with Gasteiger partial charge >= 0.3 is 0 Å². The number of piperidine rings is 1. The van der Waals surface area contributed by atoms with Crippen molar-refractivity contribution < 1.29 is 4.79 Å². The highest BCUT2D eigenvalue weighted by molar-refractivity contribution is 5.77. The molecule has 0 spiro atoms. The predicted molar refractivity (Wildman–Crippen MR) is 105 cm³/mol. The number of amides is 1. The minimum Gasteiger partial charge on any atom is -0.386 e. The molecule has 1 amide bonds. The van der Waals surface area contributed by atoms with Gasteiger partial charge in [0.25, 0.3) is 0 Å². The first-order valence-electron chi connectivity index (χ1n) is 9.78. The molecule has 1 heterocycles. The number of nitrogens with one attached hydrogen (secondary N) is 3. The first-order chi connectivity index (χ1) is 12.2. The van der Waals surface area contributed by atoms with Crippen molar-refractivity contribution in [2.24, 2.45) is 11.5 Å². The molecule has 0 aromatic rings. The summed E-state index contributed by atoms with van der Waals surface area (Å²) in [5.74, 6) is 0.718. The van der Waals surface area contributed by atoms with Crippen LogP contribution in [0.4, 0.5) is 0 Å². The molecular formula is C19H37N5O. The summed E-state index contributed by atoms with van der Waals surface area (Å²) in [5, 5.41) is 9.53. The van der Waals surface area contributed by atoms with Crippen molar-refractivity contribution in [2.45, 2.75) is 63.8 Å². The molecule has 6 nitrogen and oxygen atoms in total. The molecule has 1 atom stereocenters. The van der Waals surface area contributed by atoms with Gasteiger partial charge in [0.2, 0.25) is 5.91 Å². The SMILES string of the molecule is NCCCCCCCCN/C(N)=C/C=C\CC(=O)NC1CCCNC1. The van der Waals surface area contributed by atoms with E-state index in [-0.39, 0.29) is 11.9 Å². The number of rotatable bonds is 13. The van der Waals surface area contributed by atoms with Crippen molar-refractivity contribution in [1.29, 1.82) is 0 Å². The minimum absolute atomic E-state index is 0.0690. The molecule has 1 fully saturated rings. The Morgan fingerprint density at radius 3 is 2.64 bits per heavy atom. The highest BCUT2D eigenvalue weighted by Gasteiger charge is 2.13. The maximum Gasteiger partial charge on any atom is 0.224 e. The molecule has 0 aliphatic carbocycles. The lowest BCUT2D eigenvalue weighted by Crippen LogP contribution is -2.45. The summed E-state index contributed by atoms with van der Waals surface area (Å²) in [6.07, 6.45) is 15.3. The van der Waals surface area contributed by atoms with Crippen LogP contribution in [-0.4, -0.2) is 38.1 Å². The Labute approximate surface area is 152 Å². The Bertz CT molecular complexity index is 403. The lowest BCUT2D eigenvalue weighted by molar-refractivity contribution is -0.121. The highest BCUT2D eigenvalue weighted by Crippen LogP contribution is 2.04. The standard InChI is InChI=1S/C19H37N5O/c20-13-7-3-1-2-4-8-15-23-18(21)11-5-6-12-19(25)24-17-10-9-14-22-16-17/h5-6,11,17,22-23H,1-4,7-10,12-16,20-21H2,(H,24,25)/b6-5-,18-11+. The summed E-state index contributed by atoms with van der Waals surface area (Å²) in [6.45, 7) is 3.62. The van der Waals surface area contributed by atoms with Crippen molar-refractivity contribution in [1.82, 2.24) is 16.0 Å². The molecule has 1 aliphatic heterocycles. The van der Waals surface area contributed by atoms with E-state index >= 15 is 0 Å². The summed E-state index contributed by atoms with van der Waals surface area (Å²) in [4.78, 5) is 11.8. The van der Waals surface area contributed by atoms with Gasteiger partial charge in [-0.25, -0.2) is 0 Å². The second-order valence-electron chi connectivity index (χ2n) is 6.70. The number of hydrogen-bond acceptors (Lipinski definition) is 5. The van der Waals surface area contributed by atoms with Gasteiger partial charge in [-0.05, 0) is 44.8 Å². The molecule has 1 unspecified atom stereocenters. The Hall–Kier alpha value is -1.53. The summed E-state index contributed by atoms with van der Waals surface area (Å²) in [5.41, 5.74) is 11.4. The van der Waals surface area contributed by atoms with E-state index in [0.29, 0.717) is 12.2 Å². The first-order valence-corrected chi connectivity index (χ1v) is 9.78. The lowest BCUT2D eigenvalue weighted by atomic mass is 10.1. The van der Waals surface area contributed by atoms with Crippen molar-refractivity contribution in [3.63, 3.8) is 0 Å². The number of nitrogens with two attached hydrogens (primary N) is 2. The van der Waals surface area contributed by atoms with Gasteiger partial charge < -0.3 is 27.4 Å². The topological polar surface area (TPSA) is 105 Å². The van der Waals surface area contributed by atoms with E-state index in [1.54, 1.807) is 0 Å². The van der Waals surface area contributed by atoms with Crippen molar-refractivity contribution in [2.75, 3.05) is 26.2 Å². The highest BCUT2D eigenvalue weighted by atomic mass is 16.1. The fourth-order valence-electron chi connectivity index (χ4n) is 2.88. The van der Waals surface area contributed by atoms with Crippen molar-refractivity contribution >= 4 is 5.91 Å². The molecule has 144 valence electrons. The number of carbonyl (C=O) groups is 1.